The van der Waals surface area contributed by atoms with Crippen LogP contribution in [0.2, 0.25) is 0 Å². The number of halogens is 1. The van der Waals surface area contributed by atoms with E-state index >= 15 is 0 Å². The van der Waals surface area contributed by atoms with Gasteiger partial charge < -0.3 is 0 Å². The van der Waals surface area contributed by atoms with Crippen molar-refractivity contribution >= 4 is 21.6 Å². The molecule has 0 aliphatic heterocycles. The number of hydrogen-bond donors (Lipinski definition) is 0. The predicted molar refractivity (Wildman–Crippen MR) is 66.1 cm³/mol. The lowest BCUT2D eigenvalue weighted by Gasteiger charge is -2.16. The Bertz CT molecular complexity index is 445. The van der Waals surface area contributed by atoms with E-state index in [0.717, 1.165) is 12.0 Å². The number of rotatable bonds is 5. The summed E-state index contributed by atoms with van der Waals surface area (Å²) in [5.74, 6) is 0.320. The molecule has 90 valence electrons. The molecule has 0 bridgehead atoms. The Kier molecular flexibility index (Phi) is 4.77. The second-order valence-corrected chi connectivity index (χ2v) is 5.92. The van der Waals surface area contributed by atoms with E-state index in [0.29, 0.717) is 17.3 Å². The van der Waals surface area contributed by atoms with Crippen molar-refractivity contribution in [2.24, 2.45) is 0 Å². The van der Waals surface area contributed by atoms with Gasteiger partial charge in [-0.2, -0.15) is 0 Å². The minimum atomic E-state index is -3.36. The van der Waals surface area contributed by atoms with Crippen molar-refractivity contribution in [3.05, 3.63) is 29.8 Å². The van der Waals surface area contributed by atoms with E-state index in [9.17, 15) is 8.42 Å². The molecule has 5 heteroatoms. The van der Waals surface area contributed by atoms with Gasteiger partial charge in [-0.05, 0) is 24.1 Å². The first-order chi connectivity index (χ1) is 7.52. The monoisotopic (exact) mass is 261 g/mol. The zero-order chi connectivity index (χ0) is 12.2. The van der Waals surface area contributed by atoms with Crippen LogP contribution in [-0.4, -0.2) is 26.3 Å². The van der Waals surface area contributed by atoms with Crippen LogP contribution in [0, 0.1) is 0 Å². The highest BCUT2D eigenvalue weighted by Gasteiger charge is 2.19. The van der Waals surface area contributed by atoms with Gasteiger partial charge >= 0.3 is 0 Å². The lowest BCUT2D eigenvalue weighted by molar-refractivity contribution is 0.468. The molecular weight excluding hydrogens is 246 g/mol. The average Bonchev–Trinajstić information content (AvgIpc) is 2.29. The fourth-order valence-corrected chi connectivity index (χ4v) is 2.90. The summed E-state index contributed by atoms with van der Waals surface area (Å²) in [5, 5.41) is 0. The second-order valence-electron chi connectivity index (χ2n) is 3.61. The van der Waals surface area contributed by atoms with Crippen LogP contribution >= 0.6 is 11.6 Å². The van der Waals surface area contributed by atoms with E-state index in [1.807, 2.05) is 13.0 Å². The highest BCUT2D eigenvalue weighted by atomic mass is 35.5. The van der Waals surface area contributed by atoms with Gasteiger partial charge in [-0.1, -0.05) is 19.1 Å². The molecule has 1 aromatic rings. The van der Waals surface area contributed by atoms with Crippen LogP contribution in [0.4, 0.5) is 0 Å². The fourth-order valence-electron chi connectivity index (χ4n) is 1.40. The first kappa shape index (κ1) is 13.5. The van der Waals surface area contributed by atoms with Crippen LogP contribution in [0.15, 0.2) is 29.2 Å². The molecular formula is C11H16ClNO2S. The molecule has 0 radical (unpaired) electrons. The van der Waals surface area contributed by atoms with Crippen molar-refractivity contribution in [3.63, 3.8) is 0 Å². The van der Waals surface area contributed by atoms with E-state index in [1.54, 1.807) is 25.2 Å². The van der Waals surface area contributed by atoms with Crippen LogP contribution in [-0.2, 0) is 15.9 Å². The molecule has 0 saturated heterocycles. The van der Waals surface area contributed by atoms with E-state index in [4.69, 9.17) is 11.6 Å². The first-order valence-corrected chi connectivity index (χ1v) is 7.11. The van der Waals surface area contributed by atoms with Gasteiger partial charge in [0.15, 0.2) is 0 Å². The van der Waals surface area contributed by atoms with Gasteiger partial charge in [-0.3, -0.25) is 0 Å². The number of sulfonamides is 1. The smallest absolute Gasteiger partial charge is 0.207 e. The quantitative estimate of drug-likeness (QED) is 0.764. The van der Waals surface area contributed by atoms with E-state index < -0.39 is 10.0 Å². The third-order valence-corrected chi connectivity index (χ3v) is 4.46. The molecule has 0 aliphatic carbocycles. The lowest BCUT2D eigenvalue weighted by Crippen LogP contribution is -2.27. The molecule has 0 N–H and O–H groups in total. The van der Waals surface area contributed by atoms with Crippen molar-refractivity contribution in [2.45, 2.75) is 24.1 Å². The predicted octanol–water partition coefficient (Wildman–Crippen LogP) is 2.46. The van der Waals surface area contributed by atoms with Gasteiger partial charge in [0, 0.05) is 19.5 Å². The Balaban J connectivity index is 3.06. The Morgan fingerprint density at radius 1 is 1.38 bits per heavy atom. The van der Waals surface area contributed by atoms with E-state index in [-0.39, 0.29) is 0 Å². The third-order valence-electron chi connectivity index (χ3n) is 2.30. The molecule has 0 unspecified atom stereocenters. The summed E-state index contributed by atoms with van der Waals surface area (Å²) in [7, 11) is -1.77. The van der Waals surface area contributed by atoms with Gasteiger partial charge in [-0.25, -0.2) is 12.7 Å². The number of hydrogen-bond acceptors (Lipinski definition) is 2. The van der Waals surface area contributed by atoms with Crippen LogP contribution in [0.5, 0.6) is 0 Å². The van der Waals surface area contributed by atoms with Gasteiger partial charge in [0.1, 0.15) is 0 Å². The van der Waals surface area contributed by atoms with Gasteiger partial charge in [-0.15, -0.1) is 11.6 Å². The minimum absolute atomic E-state index is 0.307. The van der Waals surface area contributed by atoms with Crippen molar-refractivity contribution in [3.8, 4) is 0 Å². The summed E-state index contributed by atoms with van der Waals surface area (Å²) in [6.45, 7) is 2.47. The zero-order valence-corrected chi connectivity index (χ0v) is 11.1. The van der Waals surface area contributed by atoms with Crippen LogP contribution in [0.3, 0.4) is 0 Å². The molecule has 3 nitrogen and oxygen atoms in total. The molecule has 16 heavy (non-hydrogen) atoms. The lowest BCUT2D eigenvalue weighted by atomic mass is 10.2. The number of alkyl halides is 1. The highest BCUT2D eigenvalue weighted by Crippen LogP contribution is 2.17. The van der Waals surface area contributed by atoms with Crippen molar-refractivity contribution < 1.29 is 8.42 Å². The summed E-state index contributed by atoms with van der Waals surface area (Å²) in [6, 6.07) is 6.74. The summed E-state index contributed by atoms with van der Waals surface area (Å²) >= 11 is 5.68. The van der Waals surface area contributed by atoms with Crippen LogP contribution in [0.1, 0.15) is 18.9 Å². The fraction of sp³-hybridized carbons (Fsp3) is 0.455. The summed E-state index contributed by atoms with van der Waals surface area (Å²) in [6.07, 6.45) is 0.797. The summed E-state index contributed by atoms with van der Waals surface area (Å²) < 4.78 is 25.5. The molecule has 1 rings (SSSR count). The molecule has 0 heterocycles. The standard InChI is InChI=1S/C11H16ClNO2S/c1-3-7-13(2)16(14,15)11-6-4-5-10(8-11)9-12/h4-6,8H,3,7,9H2,1-2H3. The van der Waals surface area contributed by atoms with Crippen molar-refractivity contribution in [1.29, 1.82) is 0 Å². The summed E-state index contributed by atoms with van der Waals surface area (Å²) in [5.41, 5.74) is 0.813. The zero-order valence-electron chi connectivity index (χ0n) is 9.48. The maximum absolute atomic E-state index is 12.1. The van der Waals surface area contributed by atoms with Gasteiger partial charge in [0.25, 0.3) is 0 Å². The molecule has 1 aromatic carbocycles. The molecule has 0 aromatic heterocycles. The maximum atomic E-state index is 12.1. The SMILES string of the molecule is CCCN(C)S(=O)(=O)c1cccc(CCl)c1. The average molecular weight is 262 g/mol. The van der Waals surface area contributed by atoms with Gasteiger partial charge in [0.2, 0.25) is 10.0 Å². The Morgan fingerprint density at radius 3 is 2.62 bits per heavy atom. The number of benzene rings is 1. The second kappa shape index (κ2) is 5.66. The van der Waals surface area contributed by atoms with Gasteiger partial charge in [0.05, 0.1) is 4.90 Å². The van der Waals surface area contributed by atoms with E-state index in [2.05, 4.69) is 0 Å². The molecule has 0 spiro atoms. The van der Waals surface area contributed by atoms with Crippen molar-refractivity contribution in [2.75, 3.05) is 13.6 Å². The Labute approximate surface area is 102 Å². The molecule has 0 fully saturated rings. The minimum Gasteiger partial charge on any atom is -0.207 e. The number of nitrogens with zero attached hydrogens (tertiary/aromatic N) is 1. The molecule has 0 aliphatic rings. The van der Waals surface area contributed by atoms with Crippen LogP contribution in [0.25, 0.3) is 0 Å². The topological polar surface area (TPSA) is 37.4 Å². The molecule has 0 saturated carbocycles. The highest BCUT2D eigenvalue weighted by molar-refractivity contribution is 7.89. The largest absolute Gasteiger partial charge is 0.242 e. The Hall–Kier alpha value is -0.580. The first-order valence-electron chi connectivity index (χ1n) is 5.13. The normalized spacial score (nSPS) is 12.0. The Morgan fingerprint density at radius 2 is 2.06 bits per heavy atom. The van der Waals surface area contributed by atoms with E-state index in [1.165, 1.54) is 4.31 Å². The van der Waals surface area contributed by atoms with Crippen molar-refractivity contribution in [1.82, 2.24) is 4.31 Å². The molecule has 0 atom stereocenters. The maximum Gasteiger partial charge on any atom is 0.242 e. The van der Waals surface area contributed by atoms with Crippen LogP contribution < -0.4 is 0 Å². The summed E-state index contributed by atoms with van der Waals surface area (Å²) in [4.78, 5) is 0.307. The molecule has 0 amide bonds. The third kappa shape index (κ3) is 2.97.